The first kappa shape index (κ1) is 29.2. The Balaban J connectivity index is 1.42. The van der Waals surface area contributed by atoms with E-state index < -0.39 is 51.7 Å². The van der Waals surface area contributed by atoms with E-state index in [1.165, 1.54) is 13.5 Å². The molecule has 4 rings (SSSR count). The minimum atomic E-state index is -4.70. The van der Waals surface area contributed by atoms with E-state index >= 15 is 0 Å². The number of carbonyl (C=O) groups is 2. The quantitative estimate of drug-likeness (QED) is 0.504. The van der Waals surface area contributed by atoms with Crippen molar-refractivity contribution < 1.29 is 35.6 Å². The average Bonchev–Trinajstić information content (AvgIpc) is 3.36. The van der Waals surface area contributed by atoms with Crippen LogP contribution >= 0.6 is 0 Å². The summed E-state index contributed by atoms with van der Waals surface area (Å²) < 4.78 is 81.7. The number of piperidine rings is 1. The van der Waals surface area contributed by atoms with Gasteiger partial charge in [0.1, 0.15) is 11.9 Å². The minimum Gasteiger partial charge on any atom is -0.347 e. The Morgan fingerprint density at radius 1 is 1.13 bits per heavy atom. The lowest BCUT2D eigenvalue weighted by Gasteiger charge is -2.41. The van der Waals surface area contributed by atoms with Gasteiger partial charge in [-0.05, 0) is 44.2 Å². The summed E-state index contributed by atoms with van der Waals surface area (Å²) in [5, 5.41) is 11.6. The van der Waals surface area contributed by atoms with Gasteiger partial charge in [-0.25, -0.2) is 4.39 Å². The van der Waals surface area contributed by atoms with Crippen LogP contribution in [0.15, 0.2) is 18.2 Å². The lowest BCUT2D eigenvalue weighted by Crippen LogP contribution is -2.57. The Morgan fingerprint density at radius 3 is 2.44 bits per heavy atom. The summed E-state index contributed by atoms with van der Waals surface area (Å²) in [6, 6.07) is 2.48. The molecule has 0 radical (unpaired) electrons. The van der Waals surface area contributed by atoms with Crippen LogP contribution in [0, 0.1) is 29.0 Å². The second-order valence-corrected chi connectivity index (χ2v) is 12.2. The maximum atomic E-state index is 14.6. The molecule has 214 valence electrons. The third kappa shape index (κ3) is 6.05. The molecule has 14 heteroatoms. The number of rotatable bonds is 7. The number of benzene rings is 1. The lowest BCUT2D eigenvalue weighted by molar-refractivity contribution is -0.142. The largest absolute Gasteiger partial charge is 0.416 e. The number of alkyl halides is 3. The fourth-order valence-electron chi connectivity index (χ4n) is 5.42. The van der Waals surface area contributed by atoms with Gasteiger partial charge in [-0.15, -0.1) is 0 Å². The minimum absolute atomic E-state index is 0.0198. The molecular formula is C25H31F4N5O4S. The van der Waals surface area contributed by atoms with Gasteiger partial charge in [0.25, 0.3) is 10.2 Å². The fourth-order valence-corrected chi connectivity index (χ4v) is 7.21. The van der Waals surface area contributed by atoms with Crippen molar-refractivity contribution in [2.75, 3.05) is 32.7 Å². The molecule has 9 nitrogen and oxygen atoms in total. The third-order valence-electron chi connectivity index (χ3n) is 7.68. The monoisotopic (exact) mass is 573 g/mol. The maximum absolute atomic E-state index is 14.6. The molecule has 1 unspecified atom stereocenters. The van der Waals surface area contributed by atoms with Gasteiger partial charge in [-0.2, -0.15) is 35.5 Å². The Hall–Kier alpha value is -2.76. The zero-order chi connectivity index (χ0) is 28.5. The topological polar surface area (TPSA) is 114 Å². The number of hydrogen-bond donors (Lipinski definition) is 1. The average molecular weight is 574 g/mol. The predicted octanol–water partition coefficient (Wildman–Crippen LogP) is 2.81. The van der Waals surface area contributed by atoms with Gasteiger partial charge in [0.2, 0.25) is 11.8 Å². The molecule has 3 fully saturated rings. The van der Waals surface area contributed by atoms with Gasteiger partial charge < -0.3 is 10.2 Å². The van der Waals surface area contributed by atoms with Gasteiger partial charge in [-0.3, -0.25) is 9.59 Å². The molecule has 0 aliphatic carbocycles. The standard InChI is InChI=1S/C25H31F4N5O4S/c1-2-21(19-8-7-18(11-20(19)26)25(27,28)29)31-23(35)22-6-4-10-34(22)24(36)17-5-3-9-32(15-17)39(37,38)33-13-16(12-30)14-33/h7-8,11,16-17,21-22H,2-6,9-10,13-15H2,1H3,(H,31,35)/t17-,21?,22+/m0/s1. The summed E-state index contributed by atoms with van der Waals surface area (Å²) in [5.74, 6) is -2.92. The summed E-state index contributed by atoms with van der Waals surface area (Å²) in [7, 11) is -3.79. The molecule has 3 aliphatic rings. The van der Waals surface area contributed by atoms with Gasteiger partial charge in [0.05, 0.1) is 29.5 Å². The van der Waals surface area contributed by atoms with Crippen LogP contribution in [0.3, 0.4) is 0 Å². The van der Waals surface area contributed by atoms with Crippen molar-refractivity contribution in [3.63, 3.8) is 0 Å². The molecule has 3 saturated heterocycles. The first-order valence-corrected chi connectivity index (χ1v) is 14.4. The van der Waals surface area contributed by atoms with Crippen LogP contribution in [0.25, 0.3) is 0 Å². The number of amides is 2. The number of hydrogen-bond acceptors (Lipinski definition) is 5. The number of carbonyl (C=O) groups excluding carboxylic acids is 2. The molecule has 1 aromatic rings. The molecule has 0 spiro atoms. The van der Waals surface area contributed by atoms with Gasteiger partial charge in [0.15, 0.2) is 0 Å². The highest BCUT2D eigenvalue weighted by molar-refractivity contribution is 7.86. The van der Waals surface area contributed by atoms with E-state index in [1.54, 1.807) is 6.92 Å². The van der Waals surface area contributed by atoms with E-state index in [4.69, 9.17) is 5.26 Å². The van der Waals surface area contributed by atoms with E-state index in [1.807, 2.05) is 6.07 Å². The number of nitriles is 1. The van der Waals surface area contributed by atoms with Crippen LogP contribution in [0.2, 0.25) is 0 Å². The van der Waals surface area contributed by atoms with E-state index in [0.29, 0.717) is 38.3 Å². The van der Waals surface area contributed by atoms with Crippen molar-refractivity contribution >= 4 is 22.0 Å². The summed E-state index contributed by atoms with van der Waals surface area (Å²) in [6.07, 6.45) is -2.63. The van der Waals surface area contributed by atoms with Crippen molar-refractivity contribution in [3.8, 4) is 6.07 Å². The van der Waals surface area contributed by atoms with Gasteiger partial charge >= 0.3 is 6.18 Å². The molecule has 1 aromatic carbocycles. The van der Waals surface area contributed by atoms with Crippen molar-refractivity contribution in [2.45, 2.75) is 57.3 Å². The van der Waals surface area contributed by atoms with Crippen LogP contribution in [0.4, 0.5) is 17.6 Å². The highest BCUT2D eigenvalue weighted by Crippen LogP contribution is 2.33. The predicted molar refractivity (Wildman–Crippen MR) is 131 cm³/mol. The molecule has 3 aliphatic heterocycles. The second-order valence-electron chi connectivity index (χ2n) is 10.2. The van der Waals surface area contributed by atoms with Crippen LogP contribution in [0.5, 0.6) is 0 Å². The normalized spacial score (nSPS) is 24.2. The maximum Gasteiger partial charge on any atom is 0.416 e. The van der Waals surface area contributed by atoms with Crippen molar-refractivity contribution in [1.82, 2.24) is 18.8 Å². The number of nitrogens with zero attached hydrogens (tertiary/aromatic N) is 4. The summed E-state index contributed by atoms with van der Waals surface area (Å²) in [5.41, 5.74) is -1.20. The smallest absolute Gasteiger partial charge is 0.347 e. The van der Waals surface area contributed by atoms with Gasteiger partial charge in [0, 0.05) is 38.3 Å². The van der Waals surface area contributed by atoms with Crippen molar-refractivity contribution in [2.24, 2.45) is 11.8 Å². The fraction of sp³-hybridized carbons (Fsp3) is 0.640. The Kier molecular flexibility index (Phi) is 8.53. The molecule has 39 heavy (non-hydrogen) atoms. The SMILES string of the molecule is CCC(NC(=O)[C@H]1CCCN1C(=O)[C@H]1CCCN(S(=O)(=O)N2CC(C#N)C2)C1)c1ccc(C(F)(F)F)cc1F. The number of halogens is 4. The Morgan fingerprint density at radius 2 is 1.82 bits per heavy atom. The van der Waals surface area contributed by atoms with E-state index in [0.717, 1.165) is 12.1 Å². The van der Waals surface area contributed by atoms with Gasteiger partial charge in [-0.1, -0.05) is 13.0 Å². The molecular weight excluding hydrogens is 542 g/mol. The number of nitrogens with one attached hydrogen (secondary N) is 1. The highest BCUT2D eigenvalue weighted by Gasteiger charge is 2.44. The van der Waals surface area contributed by atoms with Crippen LogP contribution in [-0.4, -0.2) is 72.5 Å². The van der Waals surface area contributed by atoms with Crippen molar-refractivity contribution in [3.05, 3.63) is 35.1 Å². The summed E-state index contributed by atoms with van der Waals surface area (Å²) in [4.78, 5) is 28.1. The van der Waals surface area contributed by atoms with E-state index in [2.05, 4.69) is 5.32 Å². The van der Waals surface area contributed by atoms with E-state index in [9.17, 15) is 35.6 Å². The van der Waals surface area contributed by atoms with E-state index in [-0.39, 0.29) is 50.0 Å². The lowest BCUT2D eigenvalue weighted by atomic mass is 9.97. The summed E-state index contributed by atoms with van der Waals surface area (Å²) in [6.45, 7) is 2.46. The third-order valence-corrected chi connectivity index (χ3v) is 9.62. The summed E-state index contributed by atoms with van der Waals surface area (Å²) >= 11 is 0. The molecule has 0 aromatic heterocycles. The van der Waals surface area contributed by atoms with Crippen LogP contribution < -0.4 is 5.32 Å². The zero-order valence-electron chi connectivity index (χ0n) is 21.5. The van der Waals surface area contributed by atoms with Crippen LogP contribution in [-0.2, 0) is 26.0 Å². The van der Waals surface area contributed by atoms with Crippen LogP contribution in [0.1, 0.15) is 56.2 Å². The molecule has 1 N–H and O–H groups in total. The first-order valence-electron chi connectivity index (χ1n) is 13.0. The second kappa shape index (κ2) is 11.4. The first-order chi connectivity index (χ1) is 18.4. The van der Waals surface area contributed by atoms with Crippen molar-refractivity contribution in [1.29, 1.82) is 5.26 Å². The Labute approximate surface area is 224 Å². The number of likely N-dealkylation sites (tertiary alicyclic amines) is 1. The molecule has 3 heterocycles. The molecule has 0 bridgehead atoms. The zero-order valence-corrected chi connectivity index (χ0v) is 22.3. The molecule has 3 atom stereocenters. The molecule has 0 saturated carbocycles. The Bertz CT molecular complexity index is 1250. The molecule has 2 amide bonds. The highest BCUT2D eigenvalue weighted by atomic mass is 32.2.